The largest absolute Gasteiger partial charge is 0.297 e. The first kappa shape index (κ1) is 17.1. The number of pyridine rings is 1. The van der Waals surface area contributed by atoms with E-state index >= 15 is 0 Å². The number of Topliss-reactive ketones (excluding diaryl/α,β-unsaturated/α-hetero) is 1. The van der Waals surface area contributed by atoms with Crippen molar-refractivity contribution in [3.8, 4) is 10.7 Å². The Hall–Kier alpha value is -2.37. The monoisotopic (exact) mass is 363 g/mol. The molecule has 0 bridgehead atoms. The lowest BCUT2D eigenvalue weighted by Crippen LogP contribution is -2.36. The molecule has 0 atom stereocenters. The van der Waals surface area contributed by atoms with Crippen LogP contribution in [0.15, 0.2) is 60.1 Å². The molecule has 0 N–H and O–H groups in total. The van der Waals surface area contributed by atoms with Gasteiger partial charge in [0.25, 0.3) is 0 Å². The van der Waals surface area contributed by atoms with Crippen LogP contribution in [0.1, 0.15) is 28.9 Å². The molecule has 2 aromatic heterocycles. The molecule has 26 heavy (non-hydrogen) atoms. The molecule has 3 aromatic rings. The summed E-state index contributed by atoms with van der Waals surface area (Å²) in [6.07, 6.45) is 3.64. The molecule has 4 nitrogen and oxygen atoms in total. The standard InChI is InChI=1S/C21H21N3OS/c25-20(16-6-2-1-3-7-16)17-9-12-24(13-10-17)14-18-15-26-21(23-18)19-8-4-5-11-22-19/h1-8,11,15,17H,9-10,12-14H2. The van der Waals surface area contributed by atoms with Gasteiger partial charge in [-0.25, -0.2) is 4.98 Å². The van der Waals surface area contributed by atoms with Crippen molar-refractivity contribution < 1.29 is 4.79 Å². The maximum atomic E-state index is 12.6. The van der Waals surface area contributed by atoms with Gasteiger partial charge in [0, 0.05) is 29.6 Å². The Balaban J connectivity index is 1.33. The van der Waals surface area contributed by atoms with Crippen LogP contribution in [0, 0.1) is 5.92 Å². The second-order valence-electron chi connectivity index (χ2n) is 6.64. The highest BCUT2D eigenvalue weighted by Gasteiger charge is 2.26. The lowest BCUT2D eigenvalue weighted by Gasteiger charge is -2.30. The Morgan fingerprint density at radius 3 is 2.58 bits per heavy atom. The van der Waals surface area contributed by atoms with Crippen molar-refractivity contribution >= 4 is 17.1 Å². The second-order valence-corrected chi connectivity index (χ2v) is 7.50. The van der Waals surface area contributed by atoms with Gasteiger partial charge in [0.2, 0.25) is 0 Å². The Kier molecular flexibility index (Phi) is 5.18. The molecule has 0 saturated carbocycles. The van der Waals surface area contributed by atoms with Crippen molar-refractivity contribution in [1.29, 1.82) is 0 Å². The fraction of sp³-hybridized carbons (Fsp3) is 0.286. The molecule has 132 valence electrons. The Morgan fingerprint density at radius 1 is 1.08 bits per heavy atom. The van der Waals surface area contributed by atoms with Gasteiger partial charge >= 0.3 is 0 Å². The summed E-state index contributed by atoms with van der Waals surface area (Å²) in [4.78, 5) is 24.1. The number of piperidine rings is 1. The normalized spacial score (nSPS) is 15.8. The summed E-state index contributed by atoms with van der Waals surface area (Å²) in [6.45, 7) is 2.73. The van der Waals surface area contributed by atoms with E-state index in [0.717, 1.165) is 54.4 Å². The number of benzene rings is 1. The third-order valence-corrected chi connectivity index (χ3v) is 5.75. The lowest BCUT2D eigenvalue weighted by molar-refractivity contribution is 0.0834. The first-order valence-corrected chi connectivity index (χ1v) is 9.85. The number of ketones is 1. The zero-order valence-electron chi connectivity index (χ0n) is 14.5. The van der Waals surface area contributed by atoms with Gasteiger partial charge in [0.1, 0.15) is 5.01 Å². The first-order valence-electron chi connectivity index (χ1n) is 8.97. The van der Waals surface area contributed by atoms with Crippen molar-refractivity contribution in [2.45, 2.75) is 19.4 Å². The lowest BCUT2D eigenvalue weighted by atomic mass is 9.89. The van der Waals surface area contributed by atoms with Crippen LogP contribution >= 0.6 is 11.3 Å². The summed E-state index contributed by atoms with van der Waals surface area (Å²) < 4.78 is 0. The van der Waals surface area contributed by atoms with E-state index in [1.54, 1.807) is 17.5 Å². The molecule has 4 rings (SSSR count). The highest BCUT2D eigenvalue weighted by Crippen LogP contribution is 2.25. The van der Waals surface area contributed by atoms with E-state index in [4.69, 9.17) is 4.98 Å². The number of aromatic nitrogens is 2. The number of hydrogen-bond acceptors (Lipinski definition) is 5. The molecule has 0 radical (unpaired) electrons. The molecule has 5 heteroatoms. The van der Waals surface area contributed by atoms with Gasteiger partial charge in [-0.3, -0.25) is 14.7 Å². The van der Waals surface area contributed by atoms with E-state index in [1.165, 1.54) is 0 Å². The number of nitrogens with zero attached hydrogens (tertiary/aromatic N) is 3. The van der Waals surface area contributed by atoms with Crippen molar-refractivity contribution in [2.24, 2.45) is 5.92 Å². The van der Waals surface area contributed by atoms with E-state index in [0.29, 0.717) is 0 Å². The zero-order valence-corrected chi connectivity index (χ0v) is 15.4. The molecule has 1 aliphatic heterocycles. The number of likely N-dealkylation sites (tertiary alicyclic amines) is 1. The van der Waals surface area contributed by atoms with Crippen LogP contribution in [0.5, 0.6) is 0 Å². The molecule has 3 heterocycles. The fourth-order valence-corrected chi connectivity index (χ4v) is 4.19. The molecule has 0 amide bonds. The summed E-state index contributed by atoms with van der Waals surface area (Å²) in [5.74, 6) is 0.435. The van der Waals surface area contributed by atoms with Gasteiger partial charge in [-0.15, -0.1) is 11.3 Å². The molecular formula is C21H21N3OS. The van der Waals surface area contributed by atoms with Crippen molar-refractivity contribution in [1.82, 2.24) is 14.9 Å². The quantitative estimate of drug-likeness (QED) is 0.634. The third kappa shape index (κ3) is 3.89. The second kappa shape index (κ2) is 7.89. The summed E-state index contributed by atoms with van der Waals surface area (Å²) >= 11 is 1.64. The minimum Gasteiger partial charge on any atom is -0.297 e. The molecule has 1 saturated heterocycles. The summed E-state index contributed by atoms with van der Waals surface area (Å²) in [5.41, 5.74) is 2.85. The minimum absolute atomic E-state index is 0.146. The van der Waals surface area contributed by atoms with Crippen molar-refractivity contribution in [3.05, 3.63) is 71.4 Å². The molecular weight excluding hydrogens is 342 g/mol. The van der Waals surface area contributed by atoms with Crippen LogP contribution in [-0.2, 0) is 6.54 Å². The van der Waals surface area contributed by atoms with Gasteiger partial charge in [-0.05, 0) is 38.1 Å². The summed E-state index contributed by atoms with van der Waals surface area (Å²) in [5, 5.41) is 3.08. The zero-order chi connectivity index (χ0) is 17.8. The van der Waals surface area contributed by atoms with Gasteiger partial charge in [0.15, 0.2) is 5.78 Å². The Morgan fingerprint density at radius 2 is 1.85 bits per heavy atom. The summed E-state index contributed by atoms with van der Waals surface area (Å²) in [6, 6.07) is 15.5. The maximum Gasteiger partial charge on any atom is 0.166 e. The van der Waals surface area contributed by atoms with Crippen LogP contribution < -0.4 is 0 Å². The third-order valence-electron chi connectivity index (χ3n) is 4.84. The predicted molar refractivity (Wildman–Crippen MR) is 104 cm³/mol. The minimum atomic E-state index is 0.146. The van der Waals surface area contributed by atoms with Crippen LogP contribution in [0.2, 0.25) is 0 Å². The van der Waals surface area contributed by atoms with E-state index in [1.807, 2.05) is 48.5 Å². The SMILES string of the molecule is O=C(c1ccccc1)C1CCN(Cc2csc(-c3ccccn3)n2)CC1. The van der Waals surface area contributed by atoms with E-state index in [-0.39, 0.29) is 11.7 Å². The predicted octanol–water partition coefficient (Wildman–Crippen LogP) is 4.30. The number of thiazole rings is 1. The van der Waals surface area contributed by atoms with Crippen molar-refractivity contribution in [2.75, 3.05) is 13.1 Å². The highest BCUT2D eigenvalue weighted by atomic mass is 32.1. The van der Waals surface area contributed by atoms with E-state index in [9.17, 15) is 4.79 Å². The molecule has 1 aliphatic rings. The number of carbonyl (C=O) groups excluding carboxylic acids is 1. The molecule has 1 aromatic carbocycles. The smallest absolute Gasteiger partial charge is 0.166 e. The number of hydrogen-bond donors (Lipinski definition) is 0. The molecule has 1 fully saturated rings. The van der Waals surface area contributed by atoms with Crippen LogP contribution in [-0.4, -0.2) is 33.7 Å². The van der Waals surface area contributed by atoms with Crippen LogP contribution in [0.4, 0.5) is 0 Å². The van der Waals surface area contributed by atoms with Gasteiger partial charge in [-0.1, -0.05) is 36.4 Å². The van der Waals surface area contributed by atoms with Gasteiger partial charge in [-0.2, -0.15) is 0 Å². The molecule has 0 spiro atoms. The highest BCUT2D eigenvalue weighted by molar-refractivity contribution is 7.13. The topological polar surface area (TPSA) is 46.1 Å². The fourth-order valence-electron chi connectivity index (χ4n) is 3.41. The van der Waals surface area contributed by atoms with Crippen LogP contribution in [0.3, 0.4) is 0 Å². The first-order chi connectivity index (χ1) is 12.8. The van der Waals surface area contributed by atoms with Gasteiger partial charge < -0.3 is 0 Å². The Labute approximate surface area is 157 Å². The number of rotatable bonds is 5. The Bertz CT molecular complexity index is 855. The molecule has 0 unspecified atom stereocenters. The maximum absolute atomic E-state index is 12.6. The number of carbonyl (C=O) groups is 1. The van der Waals surface area contributed by atoms with Crippen LogP contribution in [0.25, 0.3) is 10.7 Å². The van der Waals surface area contributed by atoms with Gasteiger partial charge in [0.05, 0.1) is 11.4 Å². The molecule has 0 aliphatic carbocycles. The van der Waals surface area contributed by atoms with Crippen molar-refractivity contribution in [3.63, 3.8) is 0 Å². The average molecular weight is 363 g/mol. The summed E-state index contributed by atoms with van der Waals surface area (Å²) in [7, 11) is 0. The van der Waals surface area contributed by atoms with E-state index in [2.05, 4.69) is 15.3 Å². The van der Waals surface area contributed by atoms with E-state index < -0.39 is 0 Å². The average Bonchev–Trinajstić information content (AvgIpc) is 3.18.